The fourth-order valence-electron chi connectivity index (χ4n) is 2.55. The second-order valence-corrected chi connectivity index (χ2v) is 5.23. The number of hydrogen-bond acceptors (Lipinski definition) is 5. The van der Waals surface area contributed by atoms with E-state index < -0.39 is 12.0 Å². The molecule has 0 bridgehead atoms. The maximum Gasteiger partial charge on any atom is 0.328 e. The number of carbonyl (C=O) groups excluding carboxylic acids is 3. The Morgan fingerprint density at radius 2 is 1.91 bits per heavy atom. The fourth-order valence-corrected chi connectivity index (χ4v) is 2.55. The molecule has 0 radical (unpaired) electrons. The van der Waals surface area contributed by atoms with Gasteiger partial charge in [0, 0.05) is 25.6 Å². The molecular weight excluding hydrogens is 300 g/mol. The van der Waals surface area contributed by atoms with Gasteiger partial charge in [0.05, 0.1) is 19.8 Å². The molecule has 2 rings (SSSR count). The second-order valence-electron chi connectivity index (χ2n) is 5.23. The number of nitrogens with one attached hydrogen (secondary N) is 1. The number of methoxy groups -OCH3 is 2. The number of amides is 2. The highest BCUT2D eigenvalue weighted by atomic mass is 16.5. The maximum atomic E-state index is 12.3. The lowest BCUT2D eigenvalue weighted by Gasteiger charge is -2.22. The van der Waals surface area contributed by atoms with Gasteiger partial charge in [-0.25, -0.2) is 4.79 Å². The molecule has 2 amide bonds. The van der Waals surface area contributed by atoms with Crippen molar-refractivity contribution in [1.29, 1.82) is 0 Å². The first-order chi connectivity index (χ1) is 11.1. The van der Waals surface area contributed by atoms with E-state index in [-0.39, 0.29) is 24.5 Å². The minimum absolute atomic E-state index is 0.183. The van der Waals surface area contributed by atoms with Gasteiger partial charge in [-0.3, -0.25) is 9.59 Å². The van der Waals surface area contributed by atoms with Gasteiger partial charge in [-0.05, 0) is 12.1 Å². The zero-order valence-electron chi connectivity index (χ0n) is 13.2. The average molecular weight is 320 g/mol. The highest BCUT2D eigenvalue weighted by molar-refractivity contribution is 5.97. The van der Waals surface area contributed by atoms with E-state index in [1.165, 1.54) is 19.1 Å². The van der Waals surface area contributed by atoms with Crippen LogP contribution in [0, 0.1) is 0 Å². The summed E-state index contributed by atoms with van der Waals surface area (Å²) in [5.74, 6) is -1.16. The summed E-state index contributed by atoms with van der Waals surface area (Å²) in [6.07, 6.45) is 0.175. The predicted molar refractivity (Wildman–Crippen MR) is 81.7 cm³/mol. The standard InChI is InChI=1S/C16H20N2O5/c1-22-12-8-13(16(21)23-2)18(10-12)14(19)9-17-15(20)11-6-4-3-5-7-11/h3-7,12-13H,8-10H2,1-2H3,(H,17,20)/t12-,13+/m0/s1. The Kier molecular flexibility index (Phi) is 5.70. The van der Waals surface area contributed by atoms with E-state index in [1.54, 1.807) is 30.3 Å². The van der Waals surface area contributed by atoms with Crippen molar-refractivity contribution in [3.63, 3.8) is 0 Å². The number of benzene rings is 1. The first-order valence-electron chi connectivity index (χ1n) is 7.30. The molecule has 7 nitrogen and oxygen atoms in total. The summed E-state index contributed by atoms with van der Waals surface area (Å²) in [5.41, 5.74) is 0.473. The van der Waals surface area contributed by atoms with Gasteiger partial charge in [-0.2, -0.15) is 0 Å². The fraction of sp³-hybridized carbons (Fsp3) is 0.438. The van der Waals surface area contributed by atoms with Crippen molar-refractivity contribution in [3.8, 4) is 0 Å². The van der Waals surface area contributed by atoms with Gasteiger partial charge in [-0.15, -0.1) is 0 Å². The summed E-state index contributed by atoms with van der Waals surface area (Å²) in [6, 6.07) is 7.94. The Balaban J connectivity index is 1.96. The average Bonchev–Trinajstić information content (AvgIpc) is 3.04. The molecule has 1 aliphatic heterocycles. The highest BCUT2D eigenvalue weighted by Crippen LogP contribution is 2.21. The third-order valence-corrected chi connectivity index (χ3v) is 3.83. The van der Waals surface area contributed by atoms with E-state index in [0.29, 0.717) is 18.5 Å². The molecule has 0 aliphatic carbocycles. The summed E-state index contributed by atoms with van der Waals surface area (Å²) in [4.78, 5) is 37.5. The third kappa shape index (κ3) is 4.07. The summed E-state index contributed by atoms with van der Waals surface area (Å²) < 4.78 is 9.95. The minimum Gasteiger partial charge on any atom is -0.467 e. The summed E-state index contributed by atoms with van der Waals surface area (Å²) >= 11 is 0. The van der Waals surface area contributed by atoms with Gasteiger partial charge in [0.1, 0.15) is 6.04 Å². The molecule has 1 fully saturated rings. The van der Waals surface area contributed by atoms with Gasteiger partial charge in [0.2, 0.25) is 5.91 Å². The van der Waals surface area contributed by atoms with Gasteiger partial charge in [-0.1, -0.05) is 18.2 Å². The molecule has 7 heteroatoms. The van der Waals surface area contributed by atoms with Crippen LogP contribution >= 0.6 is 0 Å². The normalized spacial score (nSPS) is 20.2. The lowest BCUT2D eigenvalue weighted by atomic mass is 10.2. The van der Waals surface area contributed by atoms with Crippen molar-refractivity contribution in [3.05, 3.63) is 35.9 Å². The number of rotatable bonds is 5. The van der Waals surface area contributed by atoms with E-state index >= 15 is 0 Å². The molecule has 1 saturated heterocycles. The molecular formula is C16H20N2O5. The van der Waals surface area contributed by atoms with Crippen molar-refractivity contribution in [2.24, 2.45) is 0 Å². The smallest absolute Gasteiger partial charge is 0.328 e. The van der Waals surface area contributed by atoms with Crippen LogP contribution in [0.15, 0.2) is 30.3 Å². The molecule has 1 aromatic rings. The Labute approximate surface area is 134 Å². The van der Waals surface area contributed by atoms with E-state index in [9.17, 15) is 14.4 Å². The maximum absolute atomic E-state index is 12.3. The lowest BCUT2D eigenvalue weighted by Crippen LogP contribution is -2.46. The van der Waals surface area contributed by atoms with Crippen LogP contribution in [-0.4, -0.2) is 62.1 Å². The van der Waals surface area contributed by atoms with E-state index in [0.717, 1.165) is 0 Å². The monoisotopic (exact) mass is 320 g/mol. The number of hydrogen-bond donors (Lipinski definition) is 1. The Morgan fingerprint density at radius 1 is 1.22 bits per heavy atom. The van der Waals surface area contributed by atoms with Crippen molar-refractivity contribution < 1.29 is 23.9 Å². The van der Waals surface area contributed by atoms with E-state index in [4.69, 9.17) is 9.47 Å². The van der Waals surface area contributed by atoms with Crippen LogP contribution < -0.4 is 5.32 Å². The molecule has 1 aromatic carbocycles. The lowest BCUT2D eigenvalue weighted by molar-refractivity contribution is -0.150. The highest BCUT2D eigenvalue weighted by Gasteiger charge is 2.40. The number of carbonyl (C=O) groups is 3. The van der Waals surface area contributed by atoms with Crippen molar-refractivity contribution in [1.82, 2.24) is 10.2 Å². The van der Waals surface area contributed by atoms with Crippen molar-refractivity contribution in [2.45, 2.75) is 18.6 Å². The molecule has 2 atom stereocenters. The van der Waals surface area contributed by atoms with Gasteiger partial charge in [0.25, 0.3) is 5.91 Å². The van der Waals surface area contributed by atoms with Crippen LogP contribution in [0.25, 0.3) is 0 Å². The van der Waals surface area contributed by atoms with E-state index in [1.807, 2.05) is 0 Å². The number of likely N-dealkylation sites (tertiary alicyclic amines) is 1. The van der Waals surface area contributed by atoms with Crippen LogP contribution in [0.5, 0.6) is 0 Å². The molecule has 1 heterocycles. The quantitative estimate of drug-likeness (QED) is 0.784. The summed E-state index contributed by atoms with van der Waals surface area (Å²) in [6.45, 7) is 0.119. The number of ether oxygens (including phenoxy) is 2. The van der Waals surface area contributed by atoms with Crippen LogP contribution in [0.3, 0.4) is 0 Å². The zero-order chi connectivity index (χ0) is 16.8. The largest absolute Gasteiger partial charge is 0.467 e. The van der Waals surface area contributed by atoms with Crippen LogP contribution in [0.4, 0.5) is 0 Å². The number of esters is 1. The number of nitrogens with zero attached hydrogens (tertiary/aromatic N) is 1. The third-order valence-electron chi connectivity index (χ3n) is 3.83. The summed E-state index contributed by atoms with van der Waals surface area (Å²) in [7, 11) is 2.81. The molecule has 0 unspecified atom stereocenters. The minimum atomic E-state index is -0.675. The van der Waals surface area contributed by atoms with Gasteiger partial charge >= 0.3 is 5.97 Å². The Morgan fingerprint density at radius 3 is 2.52 bits per heavy atom. The Hall–Kier alpha value is -2.41. The van der Waals surface area contributed by atoms with Crippen LogP contribution in [0.1, 0.15) is 16.8 Å². The molecule has 0 saturated carbocycles. The van der Waals surface area contributed by atoms with Crippen molar-refractivity contribution >= 4 is 17.8 Å². The van der Waals surface area contributed by atoms with E-state index in [2.05, 4.69) is 5.32 Å². The zero-order valence-corrected chi connectivity index (χ0v) is 13.2. The first kappa shape index (κ1) is 17.0. The second kappa shape index (κ2) is 7.73. The molecule has 0 spiro atoms. The molecule has 1 aliphatic rings. The van der Waals surface area contributed by atoms with Crippen LogP contribution in [-0.2, 0) is 19.1 Å². The van der Waals surface area contributed by atoms with Gasteiger partial charge < -0.3 is 19.7 Å². The van der Waals surface area contributed by atoms with Crippen LogP contribution in [0.2, 0.25) is 0 Å². The Bertz CT molecular complexity index is 575. The summed E-state index contributed by atoms with van der Waals surface area (Å²) in [5, 5.41) is 2.56. The predicted octanol–water partition coefficient (Wildman–Crippen LogP) is 0.205. The SMILES string of the molecule is COC(=O)[C@H]1C[C@H](OC)CN1C(=O)CNC(=O)c1ccccc1. The molecule has 1 N–H and O–H groups in total. The van der Waals surface area contributed by atoms with Gasteiger partial charge in [0.15, 0.2) is 0 Å². The topological polar surface area (TPSA) is 84.9 Å². The molecule has 0 aromatic heterocycles. The molecule has 23 heavy (non-hydrogen) atoms. The molecule has 124 valence electrons. The first-order valence-corrected chi connectivity index (χ1v) is 7.30. The van der Waals surface area contributed by atoms with Crippen molar-refractivity contribution in [2.75, 3.05) is 27.3 Å².